The molecule has 0 heterocycles. The van der Waals surface area contributed by atoms with Crippen molar-refractivity contribution < 1.29 is 22.7 Å². The van der Waals surface area contributed by atoms with Crippen LogP contribution in [-0.2, 0) is 26.2 Å². The number of ether oxygens (including phenoxy) is 1. The van der Waals surface area contributed by atoms with Crippen LogP contribution < -0.4 is 14.4 Å². The number of benzene rings is 3. The number of hydrogen-bond donors (Lipinski definition) is 1. The number of sulfonamides is 1. The number of halogens is 3. The minimum Gasteiger partial charge on any atom is -0.497 e. The molecule has 0 saturated heterocycles. The quantitative estimate of drug-likeness (QED) is 0.255. The molecule has 0 aliphatic rings. The molecule has 0 fully saturated rings. The Hall–Kier alpha value is -2.98. The van der Waals surface area contributed by atoms with Crippen molar-refractivity contribution in [3.63, 3.8) is 0 Å². The van der Waals surface area contributed by atoms with E-state index < -0.39 is 28.5 Å². The van der Waals surface area contributed by atoms with Gasteiger partial charge in [0.1, 0.15) is 18.3 Å². The number of carbonyl (C=O) groups excluding carboxylic acids is 2. The van der Waals surface area contributed by atoms with Gasteiger partial charge in [-0.25, -0.2) is 8.42 Å². The second-order valence-corrected chi connectivity index (χ2v) is 12.6. The van der Waals surface area contributed by atoms with Gasteiger partial charge in [0, 0.05) is 33.2 Å². The van der Waals surface area contributed by atoms with E-state index in [1.54, 1.807) is 25.1 Å². The minimum atomic E-state index is -4.25. The van der Waals surface area contributed by atoms with Gasteiger partial charge in [-0.1, -0.05) is 47.8 Å². The van der Waals surface area contributed by atoms with Crippen LogP contribution in [0.25, 0.3) is 0 Å². The second-order valence-electron chi connectivity index (χ2n) is 9.47. The first-order chi connectivity index (χ1) is 19.4. The van der Waals surface area contributed by atoms with Crippen molar-refractivity contribution in [2.24, 2.45) is 0 Å². The molecular weight excluding hydrogens is 609 g/mol. The third-order valence-electron chi connectivity index (χ3n) is 6.25. The van der Waals surface area contributed by atoms with Crippen LogP contribution in [0.5, 0.6) is 5.75 Å². The average molecular weight is 641 g/mol. The molecule has 0 spiro atoms. The van der Waals surface area contributed by atoms with Crippen LogP contribution in [0.2, 0.25) is 15.1 Å². The summed E-state index contributed by atoms with van der Waals surface area (Å²) >= 11 is 18.9. The molecule has 41 heavy (non-hydrogen) atoms. The molecule has 3 rings (SSSR count). The SMILES string of the molecule is CCC(C(=O)NC(C)C)N(Cc1c(Cl)cccc1Cl)C(=O)CN(c1ccc(Cl)cc1)S(=O)(=O)c1ccc(OC)cc1. The molecule has 0 bridgehead atoms. The Morgan fingerprint density at radius 2 is 1.51 bits per heavy atom. The average Bonchev–Trinajstić information content (AvgIpc) is 2.93. The lowest BCUT2D eigenvalue weighted by Crippen LogP contribution is -2.53. The fraction of sp³-hybridized carbons (Fsp3) is 0.310. The monoisotopic (exact) mass is 639 g/mol. The second kappa shape index (κ2) is 14.3. The largest absolute Gasteiger partial charge is 0.497 e. The Morgan fingerprint density at radius 3 is 2.02 bits per heavy atom. The first kappa shape index (κ1) is 32.5. The number of carbonyl (C=O) groups is 2. The predicted octanol–water partition coefficient (Wildman–Crippen LogP) is 6.18. The summed E-state index contributed by atoms with van der Waals surface area (Å²) in [4.78, 5) is 28.6. The van der Waals surface area contributed by atoms with Crippen molar-refractivity contribution in [3.8, 4) is 5.75 Å². The van der Waals surface area contributed by atoms with Crippen molar-refractivity contribution in [1.82, 2.24) is 10.2 Å². The molecule has 0 radical (unpaired) electrons. The molecule has 1 N–H and O–H groups in total. The van der Waals surface area contributed by atoms with Crippen molar-refractivity contribution in [2.75, 3.05) is 18.0 Å². The fourth-order valence-corrected chi connectivity index (χ4v) is 6.22. The molecule has 0 aliphatic heterocycles. The summed E-state index contributed by atoms with van der Waals surface area (Å²) in [6.45, 7) is 4.67. The van der Waals surface area contributed by atoms with E-state index in [2.05, 4.69) is 5.32 Å². The van der Waals surface area contributed by atoms with Crippen LogP contribution >= 0.6 is 34.8 Å². The lowest BCUT2D eigenvalue weighted by molar-refractivity contribution is -0.140. The summed E-state index contributed by atoms with van der Waals surface area (Å²) < 4.78 is 34.0. The highest BCUT2D eigenvalue weighted by molar-refractivity contribution is 7.92. The van der Waals surface area contributed by atoms with Crippen LogP contribution in [-0.4, -0.2) is 50.9 Å². The molecule has 1 unspecified atom stereocenters. The predicted molar refractivity (Wildman–Crippen MR) is 163 cm³/mol. The number of anilines is 1. The van der Waals surface area contributed by atoms with Gasteiger partial charge in [-0.2, -0.15) is 0 Å². The smallest absolute Gasteiger partial charge is 0.264 e. The Balaban J connectivity index is 2.10. The van der Waals surface area contributed by atoms with E-state index >= 15 is 0 Å². The zero-order chi connectivity index (χ0) is 30.3. The molecule has 0 aliphatic carbocycles. The zero-order valence-corrected chi connectivity index (χ0v) is 26.2. The van der Waals surface area contributed by atoms with E-state index in [1.807, 2.05) is 13.8 Å². The van der Waals surface area contributed by atoms with Crippen molar-refractivity contribution >= 4 is 62.3 Å². The molecule has 2 amide bonds. The molecule has 3 aromatic rings. The maximum absolute atomic E-state index is 14.1. The number of nitrogens with zero attached hydrogens (tertiary/aromatic N) is 2. The molecule has 8 nitrogen and oxygen atoms in total. The Labute approximate surface area is 256 Å². The van der Waals surface area contributed by atoms with Gasteiger partial charge in [0.25, 0.3) is 10.0 Å². The lowest BCUT2D eigenvalue weighted by Gasteiger charge is -2.34. The highest BCUT2D eigenvalue weighted by Crippen LogP contribution is 2.29. The van der Waals surface area contributed by atoms with E-state index in [0.717, 1.165) is 4.31 Å². The van der Waals surface area contributed by atoms with Gasteiger partial charge in [-0.3, -0.25) is 13.9 Å². The van der Waals surface area contributed by atoms with Gasteiger partial charge in [-0.05, 0) is 80.9 Å². The van der Waals surface area contributed by atoms with Gasteiger partial charge in [0.2, 0.25) is 11.8 Å². The summed E-state index contributed by atoms with van der Waals surface area (Å²) in [5, 5.41) is 3.87. The van der Waals surface area contributed by atoms with E-state index in [4.69, 9.17) is 39.5 Å². The third kappa shape index (κ3) is 8.07. The van der Waals surface area contributed by atoms with Crippen LogP contribution in [0, 0.1) is 0 Å². The van der Waals surface area contributed by atoms with Crippen LogP contribution in [0.4, 0.5) is 5.69 Å². The van der Waals surface area contributed by atoms with Crippen molar-refractivity contribution in [1.29, 1.82) is 0 Å². The van der Waals surface area contributed by atoms with Crippen molar-refractivity contribution in [3.05, 3.63) is 87.4 Å². The number of amides is 2. The van der Waals surface area contributed by atoms with E-state index in [0.29, 0.717) is 26.4 Å². The molecule has 1 atom stereocenters. The number of nitrogens with one attached hydrogen (secondary N) is 1. The van der Waals surface area contributed by atoms with Gasteiger partial charge in [0.05, 0.1) is 17.7 Å². The summed E-state index contributed by atoms with van der Waals surface area (Å²) in [6, 6.07) is 15.7. The van der Waals surface area contributed by atoms with E-state index in [-0.39, 0.29) is 35.5 Å². The lowest BCUT2D eigenvalue weighted by atomic mass is 10.1. The topological polar surface area (TPSA) is 96.0 Å². The standard InChI is InChI=1S/C29H32Cl3N3O5S/c1-5-27(29(37)33-19(2)3)34(17-24-25(31)7-6-8-26(24)32)28(36)18-35(21-11-9-20(30)10-12-21)41(38,39)23-15-13-22(40-4)14-16-23/h6-16,19,27H,5,17-18H2,1-4H3,(H,33,37). The molecule has 3 aromatic carbocycles. The molecular formula is C29H32Cl3N3O5S. The van der Waals surface area contributed by atoms with Crippen LogP contribution in [0.1, 0.15) is 32.8 Å². The normalized spacial score (nSPS) is 12.1. The van der Waals surface area contributed by atoms with Crippen LogP contribution in [0.3, 0.4) is 0 Å². The maximum Gasteiger partial charge on any atom is 0.264 e. The highest BCUT2D eigenvalue weighted by atomic mass is 35.5. The zero-order valence-electron chi connectivity index (χ0n) is 23.1. The number of rotatable bonds is 12. The minimum absolute atomic E-state index is 0.0497. The first-order valence-electron chi connectivity index (χ1n) is 12.8. The molecule has 0 aromatic heterocycles. The Bertz CT molecular complexity index is 1450. The summed E-state index contributed by atoms with van der Waals surface area (Å²) in [5.74, 6) is -0.531. The van der Waals surface area contributed by atoms with Gasteiger partial charge in [0.15, 0.2) is 0 Å². The van der Waals surface area contributed by atoms with E-state index in [9.17, 15) is 18.0 Å². The summed E-state index contributed by atoms with van der Waals surface area (Å²) in [5.41, 5.74) is 0.657. The summed E-state index contributed by atoms with van der Waals surface area (Å²) in [7, 11) is -2.77. The molecule has 0 saturated carbocycles. The van der Waals surface area contributed by atoms with Gasteiger partial charge < -0.3 is 15.0 Å². The van der Waals surface area contributed by atoms with Gasteiger partial charge >= 0.3 is 0 Å². The number of methoxy groups -OCH3 is 1. The highest BCUT2D eigenvalue weighted by Gasteiger charge is 2.34. The maximum atomic E-state index is 14.1. The molecule has 220 valence electrons. The van der Waals surface area contributed by atoms with E-state index in [1.165, 1.54) is 60.5 Å². The van der Waals surface area contributed by atoms with Gasteiger partial charge in [-0.15, -0.1) is 0 Å². The first-order valence-corrected chi connectivity index (χ1v) is 15.4. The Kier molecular flexibility index (Phi) is 11.3. The van der Waals surface area contributed by atoms with Crippen molar-refractivity contribution in [2.45, 2.75) is 50.7 Å². The summed E-state index contributed by atoms with van der Waals surface area (Å²) in [6.07, 6.45) is 0.262. The fourth-order valence-electron chi connectivity index (χ4n) is 4.16. The Morgan fingerprint density at radius 1 is 0.927 bits per heavy atom. The third-order valence-corrected chi connectivity index (χ3v) is 9.00. The molecule has 12 heteroatoms. The number of hydrogen-bond acceptors (Lipinski definition) is 5. The van der Waals surface area contributed by atoms with Crippen LogP contribution in [0.15, 0.2) is 71.6 Å².